The monoisotopic (exact) mass is 486 g/mol. The minimum absolute atomic E-state index is 0.0201. The summed E-state index contributed by atoms with van der Waals surface area (Å²) >= 11 is 0. The Hall–Kier alpha value is -3.39. The SMILES string of the molecule is COc1ccc2cc(C3Nc4cc(C(=O)N5CCC[C@@H](N)C5)cc5c4N3CCN5)n(CC3CC3)c2c1. The van der Waals surface area contributed by atoms with E-state index in [0.717, 1.165) is 67.6 Å². The Balaban J connectivity index is 1.27. The first-order valence-electron chi connectivity index (χ1n) is 13.3. The molecule has 0 radical (unpaired) electrons. The third-order valence-corrected chi connectivity index (χ3v) is 8.22. The molecule has 1 saturated carbocycles. The topological polar surface area (TPSA) is 87.8 Å². The van der Waals surface area contributed by atoms with Crippen molar-refractivity contribution in [2.75, 3.05) is 48.8 Å². The lowest BCUT2D eigenvalue weighted by atomic mass is 10.0. The number of carbonyl (C=O) groups is 1. The highest BCUT2D eigenvalue weighted by atomic mass is 16.5. The zero-order valence-corrected chi connectivity index (χ0v) is 20.8. The van der Waals surface area contributed by atoms with Crippen LogP contribution in [0.15, 0.2) is 36.4 Å². The molecule has 2 fully saturated rings. The third-order valence-electron chi connectivity index (χ3n) is 8.22. The molecule has 2 aromatic carbocycles. The number of hydrogen-bond donors (Lipinski definition) is 3. The summed E-state index contributed by atoms with van der Waals surface area (Å²) in [6.07, 6.45) is 4.56. The Morgan fingerprint density at radius 2 is 1.97 bits per heavy atom. The molecule has 3 aromatic rings. The van der Waals surface area contributed by atoms with E-state index in [4.69, 9.17) is 10.5 Å². The van der Waals surface area contributed by atoms with Crippen LogP contribution >= 0.6 is 0 Å². The Kier molecular flexibility index (Phi) is 5.06. The fraction of sp³-hybridized carbons (Fsp3) is 0.464. The van der Waals surface area contributed by atoms with E-state index in [2.05, 4.69) is 38.3 Å². The van der Waals surface area contributed by atoms with E-state index in [1.54, 1.807) is 7.11 Å². The van der Waals surface area contributed by atoms with Crippen LogP contribution in [0.4, 0.5) is 17.1 Å². The summed E-state index contributed by atoms with van der Waals surface area (Å²) in [5, 5.41) is 8.59. The Bertz CT molecular complexity index is 1350. The summed E-state index contributed by atoms with van der Waals surface area (Å²) in [5.41, 5.74) is 12.6. The quantitative estimate of drug-likeness (QED) is 0.506. The molecule has 1 saturated heterocycles. The van der Waals surface area contributed by atoms with Gasteiger partial charge in [0.15, 0.2) is 0 Å². The van der Waals surface area contributed by atoms with E-state index >= 15 is 0 Å². The van der Waals surface area contributed by atoms with Crippen LogP contribution in [0, 0.1) is 5.92 Å². The van der Waals surface area contributed by atoms with E-state index in [1.807, 2.05) is 23.1 Å². The summed E-state index contributed by atoms with van der Waals surface area (Å²) in [7, 11) is 1.73. The number of amides is 1. The molecule has 1 amide bonds. The van der Waals surface area contributed by atoms with Crippen molar-refractivity contribution in [1.29, 1.82) is 0 Å². The summed E-state index contributed by atoms with van der Waals surface area (Å²) in [5.74, 6) is 1.70. The van der Waals surface area contributed by atoms with Gasteiger partial charge in [0.05, 0.1) is 35.4 Å². The second kappa shape index (κ2) is 8.34. The van der Waals surface area contributed by atoms with Crippen LogP contribution < -0.4 is 26.0 Å². The average molecular weight is 487 g/mol. The predicted octanol–water partition coefficient (Wildman–Crippen LogP) is 3.98. The minimum Gasteiger partial charge on any atom is -0.497 e. The average Bonchev–Trinajstić information content (AvgIpc) is 3.55. The van der Waals surface area contributed by atoms with E-state index in [1.165, 1.54) is 35.1 Å². The largest absolute Gasteiger partial charge is 0.497 e. The molecule has 4 aliphatic rings. The number of piperidine rings is 1. The number of fused-ring (bicyclic) bond motifs is 1. The molecular weight excluding hydrogens is 452 g/mol. The van der Waals surface area contributed by atoms with Gasteiger partial charge in [0.2, 0.25) is 0 Å². The van der Waals surface area contributed by atoms with Crippen molar-refractivity contribution < 1.29 is 9.53 Å². The third kappa shape index (κ3) is 3.58. The molecule has 1 aliphatic carbocycles. The second-order valence-electron chi connectivity index (χ2n) is 10.8. The minimum atomic E-state index is 0.0201. The maximum absolute atomic E-state index is 13.4. The number of nitrogens with zero attached hydrogens (tertiary/aromatic N) is 3. The standard InChI is InChI=1S/C28H34N6O2/c1-36-21-7-6-18-13-25(34(24(18)14-21)15-17-4-5-17)27-31-23-12-19(11-22-26(23)33(27)10-8-30-22)28(35)32-9-2-3-20(29)16-32/h6-7,11-14,17,20,27,30-31H,2-5,8-10,15-16,29H2,1H3/t20-,27?/m1/s1. The van der Waals surface area contributed by atoms with Crippen LogP contribution in [-0.4, -0.2) is 54.7 Å². The zero-order valence-electron chi connectivity index (χ0n) is 20.8. The molecule has 7 rings (SSSR count). The Morgan fingerprint density at radius 1 is 1.11 bits per heavy atom. The highest BCUT2D eigenvalue weighted by molar-refractivity contribution is 6.01. The normalized spacial score (nSPS) is 22.8. The first kappa shape index (κ1) is 21.9. The molecule has 3 aliphatic heterocycles. The number of carbonyl (C=O) groups excluding carboxylic acids is 1. The lowest BCUT2D eigenvalue weighted by Crippen LogP contribution is -2.45. The number of rotatable bonds is 5. The van der Waals surface area contributed by atoms with Gasteiger partial charge in [-0.25, -0.2) is 0 Å². The van der Waals surface area contributed by atoms with Crippen LogP contribution in [0.1, 0.15) is 47.9 Å². The summed E-state index contributed by atoms with van der Waals surface area (Å²) in [4.78, 5) is 17.8. The molecule has 2 atom stereocenters. The van der Waals surface area contributed by atoms with Gasteiger partial charge in [0.1, 0.15) is 11.9 Å². The molecule has 4 heterocycles. The van der Waals surface area contributed by atoms with Gasteiger partial charge in [-0.1, -0.05) is 0 Å². The summed E-state index contributed by atoms with van der Waals surface area (Å²) < 4.78 is 8.04. The molecule has 0 spiro atoms. The van der Waals surface area contributed by atoms with Crippen molar-refractivity contribution in [3.63, 3.8) is 0 Å². The first-order chi connectivity index (χ1) is 17.6. The molecule has 8 nitrogen and oxygen atoms in total. The number of methoxy groups -OCH3 is 1. The van der Waals surface area contributed by atoms with Crippen LogP contribution in [0.2, 0.25) is 0 Å². The van der Waals surface area contributed by atoms with Crippen LogP contribution in [0.25, 0.3) is 10.9 Å². The molecule has 4 N–H and O–H groups in total. The molecular formula is C28H34N6O2. The van der Waals surface area contributed by atoms with Gasteiger partial charge >= 0.3 is 0 Å². The molecule has 36 heavy (non-hydrogen) atoms. The van der Waals surface area contributed by atoms with Crippen molar-refractivity contribution in [1.82, 2.24) is 9.47 Å². The van der Waals surface area contributed by atoms with Gasteiger partial charge < -0.3 is 35.5 Å². The van der Waals surface area contributed by atoms with Gasteiger partial charge in [0, 0.05) is 55.8 Å². The van der Waals surface area contributed by atoms with E-state index < -0.39 is 0 Å². The Morgan fingerprint density at radius 3 is 2.78 bits per heavy atom. The molecule has 0 bridgehead atoms. The maximum Gasteiger partial charge on any atom is 0.254 e. The number of likely N-dealkylation sites (tertiary alicyclic amines) is 1. The summed E-state index contributed by atoms with van der Waals surface area (Å²) in [6, 6.07) is 12.8. The van der Waals surface area contributed by atoms with Crippen molar-refractivity contribution in [3.05, 3.63) is 47.7 Å². The second-order valence-corrected chi connectivity index (χ2v) is 10.8. The summed E-state index contributed by atoms with van der Waals surface area (Å²) in [6.45, 7) is 4.18. The number of nitrogens with two attached hydrogens (primary N) is 1. The van der Waals surface area contributed by atoms with Crippen LogP contribution in [-0.2, 0) is 6.54 Å². The highest BCUT2D eigenvalue weighted by Crippen LogP contribution is 2.49. The van der Waals surface area contributed by atoms with Crippen LogP contribution in [0.5, 0.6) is 5.75 Å². The number of nitrogens with one attached hydrogen (secondary N) is 2. The van der Waals surface area contributed by atoms with Crippen molar-refractivity contribution >= 4 is 33.9 Å². The van der Waals surface area contributed by atoms with Crippen molar-refractivity contribution in [2.45, 2.75) is 44.4 Å². The van der Waals surface area contributed by atoms with Gasteiger partial charge in [-0.3, -0.25) is 4.79 Å². The highest BCUT2D eigenvalue weighted by Gasteiger charge is 2.38. The number of benzene rings is 2. The molecule has 1 aromatic heterocycles. The molecule has 188 valence electrons. The van der Waals surface area contributed by atoms with Gasteiger partial charge in [0.25, 0.3) is 5.91 Å². The van der Waals surface area contributed by atoms with Gasteiger partial charge in [-0.15, -0.1) is 0 Å². The fourth-order valence-corrected chi connectivity index (χ4v) is 6.20. The van der Waals surface area contributed by atoms with Crippen molar-refractivity contribution in [2.24, 2.45) is 11.7 Å². The van der Waals surface area contributed by atoms with Gasteiger partial charge in [-0.2, -0.15) is 0 Å². The Labute approximate surface area is 211 Å². The number of hydrogen-bond acceptors (Lipinski definition) is 6. The predicted molar refractivity (Wildman–Crippen MR) is 143 cm³/mol. The smallest absolute Gasteiger partial charge is 0.254 e. The van der Waals surface area contributed by atoms with E-state index in [0.29, 0.717) is 6.54 Å². The van der Waals surface area contributed by atoms with Crippen molar-refractivity contribution in [3.8, 4) is 5.75 Å². The zero-order chi connectivity index (χ0) is 24.4. The lowest BCUT2D eigenvalue weighted by Gasteiger charge is -2.33. The number of ether oxygens (including phenoxy) is 1. The van der Waals surface area contributed by atoms with E-state index in [9.17, 15) is 4.79 Å². The lowest BCUT2D eigenvalue weighted by molar-refractivity contribution is 0.0709. The van der Waals surface area contributed by atoms with E-state index in [-0.39, 0.29) is 18.1 Å². The molecule has 8 heteroatoms. The number of aromatic nitrogens is 1. The molecule has 1 unspecified atom stereocenters. The first-order valence-corrected chi connectivity index (χ1v) is 13.3. The fourth-order valence-electron chi connectivity index (χ4n) is 6.20. The maximum atomic E-state index is 13.4. The number of anilines is 3. The van der Waals surface area contributed by atoms with Gasteiger partial charge in [-0.05, 0) is 61.9 Å². The van der Waals surface area contributed by atoms with Crippen LogP contribution in [0.3, 0.4) is 0 Å².